The van der Waals surface area contributed by atoms with Crippen molar-refractivity contribution < 1.29 is 19.1 Å². The molecule has 106 valence electrons. The van der Waals surface area contributed by atoms with E-state index in [4.69, 9.17) is 14.2 Å². The fourth-order valence-electron chi connectivity index (χ4n) is 1.45. The van der Waals surface area contributed by atoms with Crippen molar-refractivity contribution in [2.45, 2.75) is 27.1 Å². The van der Waals surface area contributed by atoms with E-state index in [2.05, 4.69) is 4.98 Å². The molecule has 0 unspecified atom stereocenters. The summed E-state index contributed by atoms with van der Waals surface area (Å²) in [5.74, 6) is -0.188. The molecule has 0 aromatic carbocycles. The highest BCUT2D eigenvalue weighted by atomic mass is 16.7. The van der Waals surface area contributed by atoms with Gasteiger partial charge < -0.3 is 24.3 Å². The van der Waals surface area contributed by atoms with Gasteiger partial charge in [-0.15, -0.1) is 0 Å². The molecule has 0 aliphatic heterocycles. The molecule has 0 aliphatic carbocycles. The highest BCUT2D eigenvalue weighted by molar-refractivity contribution is 5.40. The zero-order valence-electron chi connectivity index (χ0n) is 11.3. The van der Waals surface area contributed by atoms with Gasteiger partial charge in [0.1, 0.15) is 12.3 Å². The second kappa shape index (κ2) is 7.65. The van der Waals surface area contributed by atoms with Crippen LogP contribution in [0.3, 0.4) is 0 Å². The third kappa shape index (κ3) is 4.80. The van der Waals surface area contributed by atoms with Crippen molar-refractivity contribution in [3.63, 3.8) is 0 Å². The van der Waals surface area contributed by atoms with E-state index in [9.17, 15) is 10.1 Å². The van der Waals surface area contributed by atoms with Crippen molar-refractivity contribution in [2.75, 3.05) is 19.8 Å². The first-order valence-corrected chi connectivity index (χ1v) is 6.06. The van der Waals surface area contributed by atoms with E-state index in [-0.39, 0.29) is 18.2 Å². The summed E-state index contributed by atoms with van der Waals surface area (Å²) < 4.78 is 15.9. The van der Waals surface area contributed by atoms with Gasteiger partial charge in [0.25, 0.3) is 0 Å². The normalized spacial score (nSPS) is 10.7. The summed E-state index contributed by atoms with van der Waals surface area (Å²) >= 11 is 0. The minimum absolute atomic E-state index is 0.0766. The van der Waals surface area contributed by atoms with Crippen molar-refractivity contribution in [1.82, 2.24) is 4.98 Å². The Bertz CT molecular complexity index is 419. The van der Waals surface area contributed by atoms with Gasteiger partial charge in [0.05, 0.1) is 0 Å². The van der Waals surface area contributed by atoms with E-state index in [0.29, 0.717) is 18.9 Å². The van der Waals surface area contributed by atoms with Gasteiger partial charge in [-0.3, -0.25) is 0 Å². The van der Waals surface area contributed by atoms with Crippen molar-refractivity contribution >= 4 is 5.82 Å². The standard InChI is InChI=1S/C12H18N2O5/c1-4-17-11(18-5-2)8-19-10-7-6-9(3)13-12(10)14(15)16/h6-7,11H,4-5,8H2,1-3H3. The Morgan fingerprint density at radius 1 is 1.32 bits per heavy atom. The first kappa shape index (κ1) is 15.3. The molecular formula is C12H18N2O5. The van der Waals surface area contributed by atoms with Gasteiger partial charge in [0.15, 0.2) is 6.29 Å². The summed E-state index contributed by atoms with van der Waals surface area (Å²) in [7, 11) is 0. The highest BCUT2D eigenvalue weighted by Gasteiger charge is 2.19. The second-order valence-corrected chi connectivity index (χ2v) is 3.68. The van der Waals surface area contributed by atoms with E-state index in [1.54, 1.807) is 13.0 Å². The molecule has 1 aromatic heterocycles. The Kier molecular flexibility index (Phi) is 6.17. The summed E-state index contributed by atoms with van der Waals surface area (Å²) in [6.45, 7) is 6.38. The van der Waals surface area contributed by atoms with Crippen LogP contribution in [0.1, 0.15) is 19.5 Å². The van der Waals surface area contributed by atoms with Crippen LogP contribution in [0.25, 0.3) is 0 Å². The molecule has 19 heavy (non-hydrogen) atoms. The van der Waals surface area contributed by atoms with E-state index in [0.717, 1.165) is 0 Å². The summed E-state index contributed by atoms with van der Waals surface area (Å²) in [4.78, 5) is 14.1. The fourth-order valence-corrected chi connectivity index (χ4v) is 1.45. The maximum Gasteiger partial charge on any atom is 0.406 e. The van der Waals surface area contributed by atoms with Crippen LogP contribution in [0.2, 0.25) is 0 Å². The van der Waals surface area contributed by atoms with Gasteiger partial charge in [0.2, 0.25) is 5.75 Å². The second-order valence-electron chi connectivity index (χ2n) is 3.68. The average molecular weight is 270 g/mol. The molecule has 0 atom stereocenters. The number of nitro groups is 1. The topological polar surface area (TPSA) is 83.7 Å². The minimum Gasteiger partial charge on any atom is -0.480 e. The zero-order chi connectivity index (χ0) is 14.3. The van der Waals surface area contributed by atoms with Crippen LogP contribution < -0.4 is 4.74 Å². The molecule has 1 rings (SSSR count). The summed E-state index contributed by atoms with van der Waals surface area (Å²) in [6, 6.07) is 3.17. The van der Waals surface area contributed by atoms with Gasteiger partial charge in [-0.2, -0.15) is 0 Å². The first-order valence-electron chi connectivity index (χ1n) is 6.06. The van der Waals surface area contributed by atoms with Crippen LogP contribution in [0, 0.1) is 17.0 Å². The predicted octanol–water partition coefficient (Wildman–Crippen LogP) is 2.08. The summed E-state index contributed by atoms with van der Waals surface area (Å²) in [5.41, 5.74) is 0.560. The van der Waals surface area contributed by atoms with Gasteiger partial charge >= 0.3 is 5.82 Å². The van der Waals surface area contributed by atoms with Crippen molar-refractivity contribution in [1.29, 1.82) is 0 Å². The maximum atomic E-state index is 10.9. The van der Waals surface area contributed by atoms with Crippen LogP contribution in [-0.2, 0) is 9.47 Å². The van der Waals surface area contributed by atoms with Crippen LogP contribution in [0.15, 0.2) is 12.1 Å². The molecule has 7 nitrogen and oxygen atoms in total. The molecule has 1 heterocycles. The highest BCUT2D eigenvalue weighted by Crippen LogP contribution is 2.24. The summed E-state index contributed by atoms with van der Waals surface area (Å²) in [5, 5.41) is 10.9. The number of aryl methyl sites for hydroxylation is 1. The molecule has 0 saturated heterocycles. The minimum atomic E-state index is -0.571. The number of hydrogen-bond acceptors (Lipinski definition) is 6. The number of rotatable bonds is 8. The number of ether oxygens (including phenoxy) is 3. The van der Waals surface area contributed by atoms with E-state index >= 15 is 0 Å². The van der Waals surface area contributed by atoms with Gasteiger partial charge in [0, 0.05) is 20.1 Å². The third-order valence-electron chi connectivity index (χ3n) is 2.23. The van der Waals surface area contributed by atoms with Crippen molar-refractivity contribution in [2.24, 2.45) is 0 Å². The average Bonchev–Trinajstić information content (AvgIpc) is 2.37. The van der Waals surface area contributed by atoms with Crippen LogP contribution >= 0.6 is 0 Å². The quantitative estimate of drug-likeness (QED) is 0.408. The zero-order valence-corrected chi connectivity index (χ0v) is 11.3. The smallest absolute Gasteiger partial charge is 0.406 e. The van der Waals surface area contributed by atoms with Crippen LogP contribution in [-0.4, -0.2) is 36.0 Å². The first-order chi connectivity index (χ1) is 9.08. The van der Waals surface area contributed by atoms with E-state index in [1.165, 1.54) is 6.07 Å². The Balaban J connectivity index is 2.73. The number of pyridine rings is 1. The van der Waals surface area contributed by atoms with E-state index in [1.807, 2.05) is 13.8 Å². The van der Waals surface area contributed by atoms with Crippen LogP contribution in [0.5, 0.6) is 5.75 Å². The Labute approximate surface area is 111 Å². The number of aromatic nitrogens is 1. The molecule has 1 aromatic rings. The monoisotopic (exact) mass is 270 g/mol. The molecule has 0 bridgehead atoms. The van der Waals surface area contributed by atoms with Gasteiger partial charge in [-0.1, -0.05) is 0 Å². The lowest BCUT2D eigenvalue weighted by molar-refractivity contribution is -0.390. The fraction of sp³-hybridized carbons (Fsp3) is 0.583. The molecular weight excluding hydrogens is 252 g/mol. The Hall–Kier alpha value is -1.73. The summed E-state index contributed by atoms with van der Waals surface area (Å²) in [6.07, 6.45) is -0.545. The van der Waals surface area contributed by atoms with E-state index < -0.39 is 11.2 Å². The maximum absolute atomic E-state index is 10.9. The Morgan fingerprint density at radius 3 is 2.47 bits per heavy atom. The molecule has 0 spiro atoms. The largest absolute Gasteiger partial charge is 0.480 e. The van der Waals surface area contributed by atoms with Gasteiger partial charge in [-0.25, -0.2) is 0 Å². The third-order valence-corrected chi connectivity index (χ3v) is 2.23. The number of hydrogen-bond donors (Lipinski definition) is 0. The van der Waals surface area contributed by atoms with Gasteiger partial charge in [-0.05, 0) is 35.9 Å². The molecule has 0 N–H and O–H groups in total. The number of nitrogens with zero attached hydrogens (tertiary/aromatic N) is 2. The molecule has 0 saturated carbocycles. The van der Waals surface area contributed by atoms with Crippen molar-refractivity contribution in [3.05, 3.63) is 27.9 Å². The van der Waals surface area contributed by atoms with Crippen LogP contribution in [0.4, 0.5) is 5.82 Å². The molecule has 0 amide bonds. The molecule has 0 fully saturated rings. The Morgan fingerprint density at radius 2 is 1.95 bits per heavy atom. The van der Waals surface area contributed by atoms with Crippen molar-refractivity contribution in [3.8, 4) is 5.75 Å². The lowest BCUT2D eigenvalue weighted by Gasteiger charge is -2.17. The SMILES string of the molecule is CCOC(COc1ccc(C)nc1[N+](=O)[O-])OCC. The lowest BCUT2D eigenvalue weighted by atomic mass is 10.3. The molecule has 0 aliphatic rings. The lowest BCUT2D eigenvalue weighted by Crippen LogP contribution is -2.25. The molecule has 7 heteroatoms. The molecule has 0 radical (unpaired) electrons. The predicted molar refractivity (Wildman–Crippen MR) is 68.2 cm³/mol.